The maximum absolute atomic E-state index is 4.71. The monoisotopic (exact) mass is 333 g/mol. The zero-order chi connectivity index (χ0) is 17.5. The average molecular weight is 333 g/mol. The Kier molecular flexibility index (Phi) is 5.57. The molecule has 0 radical (unpaired) electrons. The Bertz CT molecular complexity index is 776. The molecular weight excluding hydrogens is 310 g/mol. The van der Waals surface area contributed by atoms with Crippen LogP contribution in [0.25, 0.3) is 0 Å². The Morgan fingerprint density at radius 1 is 0.800 bits per heavy atom. The van der Waals surface area contributed by atoms with E-state index in [2.05, 4.69) is 51.1 Å². The summed E-state index contributed by atoms with van der Waals surface area (Å²) in [5.74, 6) is 1.66. The molecule has 0 fully saturated rings. The zero-order valence-corrected chi connectivity index (χ0v) is 14.7. The lowest BCUT2D eigenvalue weighted by Gasteiger charge is -2.21. The van der Waals surface area contributed by atoms with Crippen molar-refractivity contribution in [3.63, 3.8) is 0 Å². The second-order valence-corrected chi connectivity index (χ2v) is 6.08. The maximum Gasteiger partial charge on any atom is 0.227 e. The highest BCUT2D eigenvalue weighted by Gasteiger charge is 2.09. The first-order valence-electron chi connectivity index (χ1n) is 8.40. The molecule has 0 saturated carbocycles. The number of benzene rings is 1. The fraction of sp³-hybridized carbons (Fsp3) is 0.250. The number of rotatable bonds is 7. The molecule has 0 aliphatic rings. The number of hydrogen-bond acceptors (Lipinski definition) is 5. The molecule has 0 N–H and O–H groups in total. The Morgan fingerprint density at radius 3 is 2.32 bits per heavy atom. The van der Waals surface area contributed by atoms with Crippen LogP contribution >= 0.6 is 0 Å². The predicted molar refractivity (Wildman–Crippen MR) is 102 cm³/mol. The lowest BCUT2D eigenvalue weighted by molar-refractivity contribution is 0.823. The third kappa shape index (κ3) is 4.76. The van der Waals surface area contributed by atoms with Gasteiger partial charge in [0.15, 0.2) is 0 Å². The van der Waals surface area contributed by atoms with E-state index in [0.717, 1.165) is 31.3 Å². The lowest BCUT2D eigenvalue weighted by atomic mass is 10.2. The summed E-state index contributed by atoms with van der Waals surface area (Å²) in [5, 5.41) is 0. The summed E-state index contributed by atoms with van der Waals surface area (Å²) in [6.45, 7) is 1.67. The van der Waals surface area contributed by atoms with Crippen LogP contribution < -0.4 is 9.80 Å². The van der Waals surface area contributed by atoms with Crippen molar-refractivity contribution in [2.45, 2.75) is 13.0 Å². The lowest BCUT2D eigenvalue weighted by Crippen LogP contribution is -2.24. The SMILES string of the molecule is CN(Cc1ccccc1)c1ccnc(N(C)CCc2ccncc2)n1. The number of anilines is 2. The van der Waals surface area contributed by atoms with E-state index in [1.807, 2.05) is 49.9 Å². The van der Waals surface area contributed by atoms with Gasteiger partial charge in [-0.25, -0.2) is 4.98 Å². The van der Waals surface area contributed by atoms with Crippen molar-refractivity contribution >= 4 is 11.8 Å². The fourth-order valence-corrected chi connectivity index (χ4v) is 2.62. The third-order valence-corrected chi connectivity index (χ3v) is 4.11. The van der Waals surface area contributed by atoms with Gasteiger partial charge in [0.25, 0.3) is 0 Å². The Hall–Kier alpha value is -2.95. The quantitative estimate of drug-likeness (QED) is 0.664. The molecule has 0 bridgehead atoms. The second-order valence-electron chi connectivity index (χ2n) is 6.08. The minimum Gasteiger partial charge on any atom is -0.355 e. The van der Waals surface area contributed by atoms with Gasteiger partial charge in [-0.15, -0.1) is 0 Å². The van der Waals surface area contributed by atoms with Crippen LogP contribution in [0.4, 0.5) is 11.8 Å². The van der Waals surface area contributed by atoms with Crippen LogP contribution in [0.15, 0.2) is 67.1 Å². The van der Waals surface area contributed by atoms with Crippen molar-refractivity contribution in [3.8, 4) is 0 Å². The number of aromatic nitrogens is 3. The highest BCUT2D eigenvalue weighted by Crippen LogP contribution is 2.15. The second kappa shape index (κ2) is 8.24. The van der Waals surface area contributed by atoms with Crippen LogP contribution in [0.1, 0.15) is 11.1 Å². The summed E-state index contributed by atoms with van der Waals surface area (Å²) >= 11 is 0. The van der Waals surface area contributed by atoms with Gasteiger partial charge in [0, 0.05) is 45.8 Å². The molecule has 3 rings (SSSR count). The molecular formula is C20H23N5. The summed E-state index contributed by atoms with van der Waals surface area (Å²) in [5.41, 5.74) is 2.52. The van der Waals surface area contributed by atoms with E-state index in [0.29, 0.717) is 0 Å². The van der Waals surface area contributed by atoms with Gasteiger partial charge in [-0.1, -0.05) is 30.3 Å². The Morgan fingerprint density at radius 2 is 1.56 bits per heavy atom. The van der Waals surface area contributed by atoms with Gasteiger partial charge < -0.3 is 9.80 Å². The summed E-state index contributed by atoms with van der Waals surface area (Å²) < 4.78 is 0. The van der Waals surface area contributed by atoms with E-state index >= 15 is 0 Å². The first kappa shape index (κ1) is 16.9. The van der Waals surface area contributed by atoms with Crippen LogP contribution in [-0.2, 0) is 13.0 Å². The molecule has 5 heteroatoms. The van der Waals surface area contributed by atoms with E-state index in [4.69, 9.17) is 4.98 Å². The largest absolute Gasteiger partial charge is 0.355 e. The molecule has 2 heterocycles. The number of nitrogens with zero attached hydrogens (tertiary/aromatic N) is 5. The zero-order valence-electron chi connectivity index (χ0n) is 14.7. The first-order valence-corrected chi connectivity index (χ1v) is 8.40. The van der Waals surface area contributed by atoms with Crippen LogP contribution in [-0.4, -0.2) is 35.6 Å². The smallest absolute Gasteiger partial charge is 0.227 e. The highest BCUT2D eigenvalue weighted by atomic mass is 15.3. The van der Waals surface area contributed by atoms with Crippen molar-refractivity contribution in [1.29, 1.82) is 0 Å². The normalized spacial score (nSPS) is 10.5. The van der Waals surface area contributed by atoms with Gasteiger partial charge in [0.1, 0.15) is 5.82 Å². The van der Waals surface area contributed by atoms with Gasteiger partial charge in [-0.05, 0) is 35.7 Å². The van der Waals surface area contributed by atoms with Crippen LogP contribution in [0.3, 0.4) is 0 Å². The van der Waals surface area contributed by atoms with E-state index in [1.54, 1.807) is 0 Å². The molecule has 128 valence electrons. The summed E-state index contributed by atoms with van der Waals surface area (Å²) in [6.07, 6.45) is 6.41. The van der Waals surface area contributed by atoms with Crippen LogP contribution in [0.5, 0.6) is 0 Å². The molecule has 0 aliphatic heterocycles. The molecule has 1 aromatic carbocycles. The number of pyridine rings is 1. The molecule has 0 unspecified atom stereocenters. The molecule has 0 amide bonds. The van der Waals surface area contributed by atoms with E-state index in [9.17, 15) is 0 Å². The van der Waals surface area contributed by atoms with Crippen molar-refractivity contribution in [2.75, 3.05) is 30.4 Å². The van der Waals surface area contributed by atoms with Gasteiger partial charge >= 0.3 is 0 Å². The molecule has 25 heavy (non-hydrogen) atoms. The molecule has 0 saturated heterocycles. The summed E-state index contributed by atoms with van der Waals surface area (Å²) in [6, 6.07) is 16.4. The Balaban J connectivity index is 1.64. The van der Waals surface area contributed by atoms with Crippen LogP contribution in [0, 0.1) is 0 Å². The topological polar surface area (TPSA) is 45.2 Å². The summed E-state index contributed by atoms with van der Waals surface area (Å²) in [4.78, 5) is 17.4. The third-order valence-electron chi connectivity index (χ3n) is 4.11. The van der Waals surface area contributed by atoms with Gasteiger partial charge in [0.05, 0.1) is 0 Å². The molecule has 0 spiro atoms. The van der Waals surface area contributed by atoms with E-state index < -0.39 is 0 Å². The summed E-state index contributed by atoms with van der Waals surface area (Å²) in [7, 11) is 4.08. The predicted octanol–water partition coefficient (Wildman–Crippen LogP) is 3.19. The first-order chi connectivity index (χ1) is 12.2. The van der Waals surface area contributed by atoms with Gasteiger partial charge in [-0.2, -0.15) is 4.98 Å². The van der Waals surface area contributed by atoms with Crippen molar-refractivity contribution in [2.24, 2.45) is 0 Å². The molecule has 2 aromatic heterocycles. The van der Waals surface area contributed by atoms with Crippen molar-refractivity contribution < 1.29 is 0 Å². The highest BCUT2D eigenvalue weighted by molar-refractivity contribution is 5.43. The van der Waals surface area contributed by atoms with Crippen molar-refractivity contribution in [3.05, 3.63) is 78.2 Å². The van der Waals surface area contributed by atoms with E-state index in [1.165, 1.54) is 11.1 Å². The number of likely N-dealkylation sites (N-methyl/N-ethyl adjacent to an activating group) is 1. The molecule has 5 nitrogen and oxygen atoms in total. The van der Waals surface area contributed by atoms with Crippen LogP contribution in [0.2, 0.25) is 0 Å². The maximum atomic E-state index is 4.71. The fourth-order valence-electron chi connectivity index (χ4n) is 2.62. The molecule has 0 aliphatic carbocycles. The van der Waals surface area contributed by atoms with E-state index in [-0.39, 0.29) is 0 Å². The number of hydrogen-bond donors (Lipinski definition) is 0. The standard InChI is InChI=1S/C20H23N5/c1-24(15-11-17-8-12-21-13-9-17)20-22-14-10-19(23-20)25(2)16-18-6-4-3-5-7-18/h3-10,12-14H,11,15-16H2,1-2H3. The molecule has 0 atom stereocenters. The molecule has 3 aromatic rings. The minimum atomic E-state index is 0.742. The van der Waals surface area contributed by atoms with Gasteiger partial charge in [0.2, 0.25) is 5.95 Å². The van der Waals surface area contributed by atoms with Crippen molar-refractivity contribution in [1.82, 2.24) is 15.0 Å². The van der Waals surface area contributed by atoms with Gasteiger partial charge in [-0.3, -0.25) is 4.98 Å². The average Bonchev–Trinajstić information content (AvgIpc) is 2.68. The minimum absolute atomic E-state index is 0.742. The Labute approximate surface area is 149 Å².